The van der Waals surface area contributed by atoms with Gasteiger partial charge in [0.25, 0.3) is 5.91 Å². The minimum atomic E-state index is 0.209. The Morgan fingerprint density at radius 3 is 2.64 bits per heavy atom. The number of benzene rings is 1. The number of hydrogen-bond acceptors (Lipinski definition) is 4. The summed E-state index contributed by atoms with van der Waals surface area (Å²) in [6.45, 7) is 6.46. The van der Waals surface area contributed by atoms with Gasteiger partial charge in [0.2, 0.25) is 0 Å². The largest absolute Gasteiger partial charge is 0.375 e. The van der Waals surface area contributed by atoms with Crippen LogP contribution in [0.3, 0.4) is 0 Å². The van der Waals surface area contributed by atoms with Crippen molar-refractivity contribution >= 4 is 17.2 Å². The van der Waals surface area contributed by atoms with Crippen LogP contribution in [0, 0.1) is 6.92 Å². The second-order valence-corrected chi connectivity index (χ2v) is 8.96. The lowest BCUT2D eigenvalue weighted by atomic mass is 10.0. The summed E-state index contributed by atoms with van der Waals surface area (Å²) in [5, 5.41) is 2.06. The SMILES string of the molecule is Cc1csc(C(=O)N2CCC(N3CCCC3COCc3ccccc3)CC2)c1. The molecule has 1 atom stereocenters. The number of aryl methyl sites for hydroxylation is 1. The van der Waals surface area contributed by atoms with Crippen LogP contribution in [-0.4, -0.2) is 54.0 Å². The number of thiophene rings is 1. The third kappa shape index (κ3) is 4.65. The van der Waals surface area contributed by atoms with Gasteiger partial charge in [0, 0.05) is 25.2 Å². The molecule has 150 valence electrons. The van der Waals surface area contributed by atoms with Crippen molar-refractivity contribution in [1.29, 1.82) is 0 Å². The first kappa shape index (κ1) is 19.6. The Kier molecular flexibility index (Phi) is 6.45. The van der Waals surface area contributed by atoms with E-state index in [1.165, 1.54) is 30.5 Å². The monoisotopic (exact) mass is 398 g/mol. The molecule has 1 unspecified atom stereocenters. The number of piperidine rings is 1. The van der Waals surface area contributed by atoms with Gasteiger partial charge in [-0.05, 0) is 61.7 Å². The highest BCUT2D eigenvalue weighted by molar-refractivity contribution is 7.12. The number of carbonyl (C=O) groups excluding carboxylic acids is 1. The first-order chi connectivity index (χ1) is 13.7. The van der Waals surface area contributed by atoms with Crippen LogP contribution < -0.4 is 0 Å². The predicted octanol–water partition coefficient (Wildman–Crippen LogP) is 4.34. The van der Waals surface area contributed by atoms with E-state index in [1.807, 2.05) is 24.0 Å². The third-order valence-electron chi connectivity index (χ3n) is 6.01. The lowest BCUT2D eigenvalue weighted by Gasteiger charge is -2.39. The normalized spacial score (nSPS) is 21.3. The molecular formula is C23H30N2O2S. The van der Waals surface area contributed by atoms with Crippen LogP contribution in [0.5, 0.6) is 0 Å². The van der Waals surface area contributed by atoms with Gasteiger partial charge in [-0.15, -0.1) is 11.3 Å². The molecule has 5 heteroatoms. The molecule has 2 saturated heterocycles. The van der Waals surface area contributed by atoms with Crippen molar-refractivity contribution in [3.8, 4) is 0 Å². The van der Waals surface area contributed by atoms with Gasteiger partial charge < -0.3 is 9.64 Å². The van der Waals surface area contributed by atoms with Crippen LogP contribution in [0.4, 0.5) is 0 Å². The number of hydrogen-bond donors (Lipinski definition) is 0. The molecule has 0 aliphatic carbocycles. The molecule has 28 heavy (non-hydrogen) atoms. The lowest BCUT2D eigenvalue weighted by molar-refractivity contribution is 0.0315. The van der Waals surface area contributed by atoms with Crippen molar-refractivity contribution in [3.05, 3.63) is 57.8 Å². The van der Waals surface area contributed by atoms with Crippen molar-refractivity contribution in [2.75, 3.05) is 26.2 Å². The molecule has 4 nitrogen and oxygen atoms in total. The maximum absolute atomic E-state index is 12.7. The van der Waals surface area contributed by atoms with Crippen molar-refractivity contribution in [2.45, 2.75) is 51.3 Å². The molecule has 0 spiro atoms. The molecular weight excluding hydrogens is 368 g/mol. The molecule has 4 rings (SSSR count). The Morgan fingerprint density at radius 2 is 1.93 bits per heavy atom. The van der Waals surface area contributed by atoms with E-state index < -0.39 is 0 Å². The molecule has 0 N–H and O–H groups in total. The highest BCUT2D eigenvalue weighted by atomic mass is 32.1. The van der Waals surface area contributed by atoms with Gasteiger partial charge >= 0.3 is 0 Å². The van der Waals surface area contributed by atoms with E-state index in [9.17, 15) is 4.79 Å². The average molecular weight is 399 g/mol. The summed E-state index contributed by atoms with van der Waals surface area (Å²) in [6.07, 6.45) is 4.63. The van der Waals surface area contributed by atoms with Crippen LogP contribution in [0.25, 0.3) is 0 Å². The molecule has 1 aromatic carbocycles. The topological polar surface area (TPSA) is 32.8 Å². The predicted molar refractivity (Wildman–Crippen MR) is 114 cm³/mol. The summed E-state index contributed by atoms with van der Waals surface area (Å²) < 4.78 is 6.04. The van der Waals surface area contributed by atoms with Crippen molar-refractivity contribution in [2.24, 2.45) is 0 Å². The van der Waals surface area contributed by atoms with Crippen LogP contribution >= 0.6 is 11.3 Å². The first-order valence-corrected chi connectivity index (χ1v) is 11.3. The molecule has 0 radical (unpaired) electrons. The van der Waals surface area contributed by atoms with Crippen LogP contribution in [0.15, 0.2) is 41.8 Å². The van der Waals surface area contributed by atoms with Crippen LogP contribution in [0.2, 0.25) is 0 Å². The van der Waals surface area contributed by atoms with Crippen molar-refractivity contribution in [3.63, 3.8) is 0 Å². The van der Waals surface area contributed by atoms with Gasteiger partial charge in [-0.25, -0.2) is 0 Å². The molecule has 3 heterocycles. The number of likely N-dealkylation sites (tertiary alicyclic amines) is 2. The first-order valence-electron chi connectivity index (χ1n) is 10.4. The zero-order valence-electron chi connectivity index (χ0n) is 16.7. The molecule has 0 bridgehead atoms. The lowest BCUT2D eigenvalue weighted by Crippen LogP contribution is -2.49. The second kappa shape index (κ2) is 9.21. The summed E-state index contributed by atoms with van der Waals surface area (Å²) in [6, 6.07) is 13.5. The maximum atomic E-state index is 12.7. The van der Waals surface area contributed by atoms with Gasteiger partial charge in [0.15, 0.2) is 0 Å². The van der Waals surface area contributed by atoms with E-state index in [0.717, 1.165) is 37.4 Å². The van der Waals surface area contributed by atoms with E-state index in [0.29, 0.717) is 18.7 Å². The summed E-state index contributed by atoms with van der Waals surface area (Å²) in [7, 11) is 0. The smallest absolute Gasteiger partial charge is 0.263 e. The number of amides is 1. The Bertz CT molecular complexity index is 768. The number of ether oxygens (including phenoxy) is 1. The van der Waals surface area contributed by atoms with E-state index in [2.05, 4.69) is 34.5 Å². The molecule has 2 aliphatic heterocycles. The standard InChI is InChI=1S/C23H30N2O2S/c1-18-14-22(28-17-18)23(26)24-12-9-20(10-13-24)25-11-5-8-21(25)16-27-15-19-6-3-2-4-7-19/h2-4,6-7,14,17,20-21H,5,8-13,15-16H2,1H3. The third-order valence-corrected chi connectivity index (χ3v) is 7.04. The molecule has 1 amide bonds. The minimum absolute atomic E-state index is 0.209. The van der Waals surface area contributed by atoms with E-state index in [-0.39, 0.29) is 5.91 Å². The van der Waals surface area contributed by atoms with Gasteiger partial charge in [-0.2, -0.15) is 0 Å². The van der Waals surface area contributed by atoms with E-state index in [1.54, 1.807) is 11.3 Å². The fourth-order valence-electron chi connectivity index (χ4n) is 4.50. The summed E-state index contributed by atoms with van der Waals surface area (Å²) in [4.78, 5) is 18.3. The summed E-state index contributed by atoms with van der Waals surface area (Å²) >= 11 is 1.57. The number of rotatable bonds is 6. The highest BCUT2D eigenvalue weighted by Crippen LogP contribution is 2.27. The molecule has 1 aromatic heterocycles. The van der Waals surface area contributed by atoms with Gasteiger partial charge in [-0.3, -0.25) is 9.69 Å². The molecule has 2 aromatic rings. The van der Waals surface area contributed by atoms with Crippen molar-refractivity contribution < 1.29 is 9.53 Å². The van der Waals surface area contributed by atoms with Crippen LogP contribution in [-0.2, 0) is 11.3 Å². The fourth-order valence-corrected chi connectivity index (χ4v) is 5.37. The van der Waals surface area contributed by atoms with Gasteiger partial charge in [0.05, 0.1) is 18.1 Å². The van der Waals surface area contributed by atoms with Crippen LogP contribution in [0.1, 0.15) is 46.5 Å². The maximum Gasteiger partial charge on any atom is 0.263 e. The molecule has 2 aliphatic rings. The van der Waals surface area contributed by atoms with Gasteiger partial charge in [0.1, 0.15) is 0 Å². The second-order valence-electron chi connectivity index (χ2n) is 8.05. The Hall–Kier alpha value is -1.69. The minimum Gasteiger partial charge on any atom is -0.375 e. The van der Waals surface area contributed by atoms with Crippen molar-refractivity contribution in [1.82, 2.24) is 9.80 Å². The quantitative estimate of drug-likeness (QED) is 0.726. The van der Waals surface area contributed by atoms with E-state index >= 15 is 0 Å². The zero-order chi connectivity index (χ0) is 19.3. The Balaban J connectivity index is 1.25. The average Bonchev–Trinajstić information content (AvgIpc) is 3.37. The molecule has 0 saturated carbocycles. The zero-order valence-corrected chi connectivity index (χ0v) is 17.5. The Labute approximate surface area is 172 Å². The fraction of sp³-hybridized carbons (Fsp3) is 0.522. The van der Waals surface area contributed by atoms with E-state index in [4.69, 9.17) is 4.74 Å². The number of carbonyl (C=O) groups is 1. The highest BCUT2D eigenvalue weighted by Gasteiger charge is 2.34. The number of nitrogens with zero attached hydrogens (tertiary/aromatic N) is 2. The molecule has 2 fully saturated rings. The summed E-state index contributed by atoms with van der Waals surface area (Å²) in [5.74, 6) is 0.209. The summed E-state index contributed by atoms with van der Waals surface area (Å²) in [5.41, 5.74) is 2.42. The van der Waals surface area contributed by atoms with Gasteiger partial charge in [-0.1, -0.05) is 30.3 Å². The Morgan fingerprint density at radius 1 is 1.14 bits per heavy atom.